The fraction of sp³-hybridized carbons (Fsp3) is 0.915. The van der Waals surface area contributed by atoms with Gasteiger partial charge >= 0.3 is 0 Å². The minimum atomic E-state index is -0.0940. The highest BCUT2D eigenvalue weighted by molar-refractivity contribution is 4.86. The van der Waals surface area contributed by atoms with Crippen molar-refractivity contribution >= 4 is 0 Å². The monoisotopic (exact) mass is 733 g/mol. The zero-order chi connectivity index (χ0) is 37.0. The number of unbranched alkanes of at least 4 members (excludes halogenated alkanes) is 18. The van der Waals surface area contributed by atoms with E-state index in [0.29, 0.717) is 12.2 Å². The fourth-order valence-electron chi connectivity index (χ4n) is 7.72. The van der Waals surface area contributed by atoms with E-state index in [0.717, 1.165) is 64.6 Å². The van der Waals surface area contributed by atoms with Crippen LogP contribution >= 0.6 is 0 Å². The van der Waals surface area contributed by atoms with Gasteiger partial charge in [0.05, 0.1) is 18.3 Å². The Morgan fingerprint density at radius 2 is 0.865 bits per heavy atom. The lowest BCUT2D eigenvalue weighted by atomic mass is 10.0. The highest BCUT2D eigenvalue weighted by Gasteiger charge is 2.20. The molecule has 52 heavy (non-hydrogen) atoms. The molecule has 2 saturated heterocycles. The van der Waals surface area contributed by atoms with Gasteiger partial charge in [-0.1, -0.05) is 154 Å². The number of aliphatic hydroxyl groups excluding tert-OH is 1. The lowest BCUT2D eigenvalue weighted by Crippen LogP contribution is -2.27. The van der Waals surface area contributed by atoms with Crippen LogP contribution in [-0.2, 0) is 18.9 Å². The molecule has 0 saturated carbocycles. The lowest BCUT2D eigenvalue weighted by Gasteiger charge is -2.27. The van der Waals surface area contributed by atoms with Gasteiger partial charge in [0.1, 0.15) is 0 Å². The van der Waals surface area contributed by atoms with E-state index in [4.69, 9.17) is 18.9 Å². The highest BCUT2D eigenvalue weighted by Crippen LogP contribution is 2.22. The molecule has 2 aliphatic rings. The third kappa shape index (κ3) is 28.7. The first-order chi connectivity index (χ1) is 25.7. The number of aliphatic hydroxyl groups is 1. The van der Waals surface area contributed by atoms with Gasteiger partial charge in [-0.25, -0.2) is 0 Å². The van der Waals surface area contributed by atoms with Crippen LogP contribution in [0.4, 0.5) is 0 Å². The average molecular weight is 733 g/mol. The maximum atomic E-state index is 10.5. The van der Waals surface area contributed by atoms with E-state index in [1.54, 1.807) is 0 Å². The van der Waals surface area contributed by atoms with Crippen molar-refractivity contribution < 1.29 is 24.1 Å². The summed E-state index contributed by atoms with van der Waals surface area (Å²) < 4.78 is 24.4. The second-order valence-electron chi connectivity index (χ2n) is 16.3. The highest BCUT2D eigenvalue weighted by atomic mass is 16.7. The molecule has 5 heteroatoms. The molecule has 2 fully saturated rings. The molecule has 2 heterocycles. The van der Waals surface area contributed by atoms with Gasteiger partial charge in [0.2, 0.25) is 0 Å². The van der Waals surface area contributed by atoms with Crippen molar-refractivity contribution in [3.05, 3.63) is 24.3 Å². The molecule has 0 spiro atoms. The first kappa shape index (κ1) is 47.4. The molecule has 0 aromatic rings. The van der Waals surface area contributed by atoms with Gasteiger partial charge in [0.25, 0.3) is 0 Å². The van der Waals surface area contributed by atoms with Crippen LogP contribution < -0.4 is 0 Å². The molecule has 2 rings (SSSR count). The van der Waals surface area contributed by atoms with Gasteiger partial charge in [-0.05, 0) is 103 Å². The van der Waals surface area contributed by atoms with Crippen molar-refractivity contribution in [2.24, 2.45) is 0 Å². The molecule has 5 nitrogen and oxygen atoms in total. The van der Waals surface area contributed by atoms with Crippen LogP contribution in [0.5, 0.6) is 0 Å². The van der Waals surface area contributed by atoms with Crippen LogP contribution in [-0.4, -0.2) is 49.2 Å². The van der Waals surface area contributed by atoms with E-state index in [-0.39, 0.29) is 18.7 Å². The normalized spacial score (nSPS) is 20.2. The van der Waals surface area contributed by atoms with Crippen molar-refractivity contribution in [2.45, 2.75) is 263 Å². The lowest BCUT2D eigenvalue weighted by molar-refractivity contribution is -0.189. The van der Waals surface area contributed by atoms with E-state index in [1.807, 2.05) is 0 Å². The predicted molar refractivity (Wildman–Crippen MR) is 222 cm³/mol. The first-order valence-electron chi connectivity index (χ1n) is 23.2. The summed E-state index contributed by atoms with van der Waals surface area (Å²) in [5.74, 6) is 0. The molecule has 0 aromatic carbocycles. The van der Waals surface area contributed by atoms with E-state index in [9.17, 15) is 5.11 Å². The van der Waals surface area contributed by atoms with Crippen molar-refractivity contribution in [1.82, 2.24) is 0 Å². The standard InChI is InChI=1S/C47H88O5/c1-3-5-7-25-35-44(51-46-39-29-31-41-49-46)37-27-21-17-13-9-11-15-19-23-33-43(48)34-24-20-16-12-10-14-18-22-28-38-45(36-26-8-6-4-2)52-47-40-30-32-42-50-47/h21-22,27-28,43-48H,3-20,23-26,29-42H2,1-2H3/b27-21-,28-22-/t43?,44-,45-,46?,47?/m1/s1. The topological polar surface area (TPSA) is 57.2 Å². The Bertz CT molecular complexity index is 723. The van der Waals surface area contributed by atoms with Crippen LogP contribution in [0.2, 0.25) is 0 Å². The summed E-state index contributed by atoms with van der Waals surface area (Å²) in [4.78, 5) is 0. The van der Waals surface area contributed by atoms with Gasteiger partial charge in [-0.3, -0.25) is 0 Å². The Morgan fingerprint density at radius 1 is 0.481 bits per heavy atom. The van der Waals surface area contributed by atoms with Crippen LogP contribution in [0.15, 0.2) is 24.3 Å². The molecule has 306 valence electrons. The molecule has 1 N–H and O–H groups in total. The third-order valence-corrected chi connectivity index (χ3v) is 11.2. The second kappa shape index (κ2) is 35.9. The van der Waals surface area contributed by atoms with Crippen molar-refractivity contribution in [3.63, 3.8) is 0 Å². The average Bonchev–Trinajstić information content (AvgIpc) is 3.16. The fourth-order valence-corrected chi connectivity index (χ4v) is 7.72. The summed E-state index contributed by atoms with van der Waals surface area (Å²) in [5.41, 5.74) is 0. The van der Waals surface area contributed by atoms with E-state index >= 15 is 0 Å². The van der Waals surface area contributed by atoms with Crippen molar-refractivity contribution in [3.8, 4) is 0 Å². The van der Waals surface area contributed by atoms with Crippen LogP contribution in [0, 0.1) is 0 Å². The minimum absolute atomic E-state index is 0.0235. The Labute approximate surface area is 323 Å². The van der Waals surface area contributed by atoms with Crippen molar-refractivity contribution in [1.29, 1.82) is 0 Å². The number of rotatable bonds is 36. The summed E-state index contributed by atoms with van der Waals surface area (Å²) in [7, 11) is 0. The largest absolute Gasteiger partial charge is 0.393 e. The Hall–Kier alpha value is -0.720. The minimum Gasteiger partial charge on any atom is -0.393 e. The van der Waals surface area contributed by atoms with Crippen LogP contribution in [0.3, 0.4) is 0 Å². The summed E-state index contributed by atoms with van der Waals surface area (Å²) in [6.45, 7) is 6.27. The maximum absolute atomic E-state index is 10.5. The zero-order valence-corrected chi connectivity index (χ0v) is 34.7. The third-order valence-electron chi connectivity index (χ3n) is 11.2. The number of hydrogen-bond donors (Lipinski definition) is 1. The molecular weight excluding hydrogens is 645 g/mol. The molecule has 0 aromatic heterocycles. The molecule has 0 aliphatic carbocycles. The van der Waals surface area contributed by atoms with Gasteiger partial charge in [-0.15, -0.1) is 0 Å². The summed E-state index contributed by atoms with van der Waals surface area (Å²) in [6, 6.07) is 0. The summed E-state index contributed by atoms with van der Waals surface area (Å²) >= 11 is 0. The van der Waals surface area contributed by atoms with Crippen LogP contribution in [0.1, 0.15) is 232 Å². The zero-order valence-electron chi connectivity index (χ0n) is 34.7. The number of ether oxygens (including phenoxy) is 4. The van der Waals surface area contributed by atoms with E-state index in [1.165, 1.54) is 167 Å². The SMILES string of the molecule is CCCCCC[C@H](C/C=C\CCCCCCCCC(O)CCCCCCCC/C=C\C[C@@H](CCCCCC)OC1CCCCO1)OC1CCCCO1. The van der Waals surface area contributed by atoms with Gasteiger partial charge in [0.15, 0.2) is 12.6 Å². The Balaban J connectivity index is 1.37. The second-order valence-corrected chi connectivity index (χ2v) is 16.3. The summed E-state index contributed by atoms with van der Waals surface area (Å²) in [6.07, 6.45) is 51.5. The molecule has 2 aliphatic heterocycles. The molecule has 4 atom stereocenters. The molecule has 0 radical (unpaired) electrons. The van der Waals surface area contributed by atoms with Gasteiger partial charge in [-0.2, -0.15) is 0 Å². The van der Waals surface area contributed by atoms with Gasteiger partial charge in [0, 0.05) is 13.2 Å². The Morgan fingerprint density at radius 3 is 1.27 bits per heavy atom. The van der Waals surface area contributed by atoms with E-state index in [2.05, 4.69) is 38.2 Å². The Kier molecular flexibility index (Phi) is 32.8. The van der Waals surface area contributed by atoms with E-state index < -0.39 is 0 Å². The van der Waals surface area contributed by atoms with Gasteiger partial charge < -0.3 is 24.1 Å². The first-order valence-corrected chi connectivity index (χ1v) is 23.2. The molecular formula is C47H88O5. The number of hydrogen-bond acceptors (Lipinski definition) is 5. The quantitative estimate of drug-likeness (QED) is 0.0513. The molecule has 0 bridgehead atoms. The maximum Gasteiger partial charge on any atom is 0.157 e. The predicted octanol–water partition coefficient (Wildman–Crippen LogP) is 14.2. The van der Waals surface area contributed by atoms with Crippen molar-refractivity contribution in [2.75, 3.05) is 13.2 Å². The van der Waals surface area contributed by atoms with Crippen LogP contribution in [0.25, 0.3) is 0 Å². The smallest absolute Gasteiger partial charge is 0.157 e. The molecule has 2 unspecified atom stereocenters. The number of allylic oxidation sites excluding steroid dienone is 2. The molecule has 0 amide bonds. The summed E-state index contributed by atoms with van der Waals surface area (Å²) in [5, 5.41) is 10.5.